The van der Waals surface area contributed by atoms with Crippen LogP contribution in [0, 0.1) is 13.8 Å². The number of ether oxygens (including phenoxy) is 1. The van der Waals surface area contributed by atoms with E-state index in [9.17, 15) is 14.4 Å². The fourth-order valence-corrected chi connectivity index (χ4v) is 3.81. The molecule has 0 aliphatic carbocycles. The Kier molecular flexibility index (Phi) is 6.70. The van der Waals surface area contributed by atoms with Gasteiger partial charge in [-0.2, -0.15) is 0 Å². The van der Waals surface area contributed by atoms with Crippen LogP contribution in [0.3, 0.4) is 0 Å². The largest absolute Gasteiger partial charge is 0.462 e. The molecule has 2 aromatic rings. The first-order valence-corrected chi connectivity index (χ1v) is 9.46. The molecule has 0 spiro atoms. The number of primary amides is 1. The molecule has 0 bridgehead atoms. The Bertz CT molecular complexity index is 851. The van der Waals surface area contributed by atoms with Gasteiger partial charge in [0.15, 0.2) is 5.16 Å². The average Bonchev–Trinajstić information content (AvgIpc) is 2.89. The molecule has 2 heterocycles. The third-order valence-electron chi connectivity index (χ3n) is 3.21. The molecule has 0 fully saturated rings. The van der Waals surface area contributed by atoms with Gasteiger partial charge in [0.2, 0.25) is 5.91 Å². The second-order valence-electron chi connectivity index (χ2n) is 5.16. The summed E-state index contributed by atoms with van der Waals surface area (Å²) in [5.74, 6) is -1.59. The van der Waals surface area contributed by atoms with E-state index in [1.54, 1.807) is 26.1 Å². The van der Waals surface area contributed by atoms with Gasteiger partial charge >= 0.3 is 5.97 Å². The first-order valence-electron chi connectivity index (χ1n) is 7.66. The Morgan fingerprint density at radius 2 is 2.08 bits per heavy atom. The number of carbonyl (C=O) groups excluding carboxylic acids is 3. The second-order valence-corrected chi connectivity index (χ2v) is 7.13. The van der Waals surface area contributed by atoms with E-state index in [4.69, 9.17) is 10.5 Å². The molecular weight excluding hydrogens is 376 g/mol. The molecule has 138 valence electrons. The number of aromatic nitrogens is 2. The Morgan fingerprint density at radius 3 is 2.69 bits per heavy atom. The van der Waals surface area contributed by atoms with Crippen LogP contribution in [-0.2, 0) is 9.53 Å². The van der Waals surface area contributed by atoms with Gasteiger partial charge in [0.1, 0.15) is 5.00 Å². The van der Waals surface area contributed by atoms with Crippen LogP contribution in [0.15, 0.2) is 17.4 Å². The number of nitrogens with two attached hydrogens (primary N) is 1. The maximum absolute atomic E-state index is 12.2. The highest BCUT2D eigenvalue weighted by molar-refractivity contribution is 7.99. The van der Waals surface area contributed by atoms with Gasteiger partial charge in [-0.1, -0.05) is 11.8 Å². The highest BCUT2D eigenvalue weighted by atomic mass is 32.2. The molecule has 0 unspecified atom stereocenters. The minimum atomic E-state index is -0.666. The standard InChI is InChI=1S/C16H18N4O4S2/c1-4-24-15(23)11-9(3)12(13(17)22)26-14(11)20-10(21)7-25-16-18-6-5-8(2)19-16/h5-6H,4,7H2,1-3H3,(H2,17,22)(H,20,21). The predicted octanol–water partition coefficient (Wildman–Crippen LogP) is 2.16. The fraction of sp³-hybridized carbons (Fsp3) is 0.312. The van der Waals surface area contributed by atoms with Crippen LogP contribution in [0.1, 0.15) is 38.2 Å². The maximum Gasteiger partial charge on any atom is 0.341 e. The zero-order chi connectivity index (χ0) is 19.3. The van der Waals surface area contributed by atoms with E-state index < -0.39 is 11.9 Å². The van der Waals surface area contributed by atoms with Crippen LogP contribution >= 0.6 is 23.1 Å². The van der Waals surface area contributed by atoms with Gasteiger partial charge in [0, 0.05) is 11.9 Å². The quantitative estimate of drug-likeness (QED) is 0.419. The molecule has 0 radical (unpaired) electrons. The Labute approximate surface area is 158 Å². The molecule has 0 saturated heterocycles. The second kappa shape index (κ2) is 8.77. The summed E-state index contributed by atoms with van der Waals surface area (Å²) < 4.78 is 5.01. The van der Waals surface area contributed by atoms with Crippen molar-refractivity contribution in [2.24, 2.45) is 5.73 Å². The van der Waals surface area contributed by atoms with Crippen molar-refractivity contribution in [3.05, 3.63) is 34.0 Å². The molecule has 0 saturated carbocycles. The molecule has 8 nitrogen and oxygen atoms in total. The Hall–Kier alpha value is -2.46. The van der Waals surface area contributed by atoms with Crippen molar-refractivity contribution in [2.45, 2.75) is 25.9 Å². The third kappa shape index (κ3) is 4.79. The minimum absolute atomic E-state index is 0.0502. The van der Waals surface area contributed by atoms with Crippen molar-refractivity contribution in [3.8, 4) is 0 Å². The van der Waals surface area contributed by atoms with Crippen molar-refractivity contribution in [2.75, 3.05) is 17.7 Å². The number of anilines is 1. The van der Waals surface area contributed by atoms with Crippen LogP contribution in [0.25, 0.3) is 0 Å². The number of nitrogens with zero attached hydrogens (tertiary/aromatic N) is 2. The van der Waals surface area contributed by atoms with Gasteiger partial charge < -0.3 is 15.8 Å². The highest BCUT2D eigenvalue weighted by Gasteiger charge is 2.25. The molecule has 2 rings (SSSR count). The number of nitrogens with one attached hydrogen (secondary N) is 1. The van der Waals surface area contributed by atoms with E-state index in [1.807, 2.05) is 6.92 Å². The lowest BCUT2D eigenvalue weighted by atomic mass is 10.1. The summed E-state index contributed by atoms with van der Waals surface area (Å²) in [5, 5.41) is 3.36. The summed E-state index contributed by atoms with van der Waals surface area (Å²) in [7, 11) is 0. The molecule has 0 aliphatic heterocycles. The normalized spacial score (nSPS) is 10.4. The Balaban J connectivity index is 2.16. The summed E-state index contributed by atoms with van der Waals surface area (Å²) in [4.78, 5) is 44.4. The van der Waals surface area contributed by atoms with Gasteiger partial charge in [-0.25, -0.2) is 14.8 Å². The van der Waals surface area contributed by atoms with E-state index in [2.05, 4.69) is 15.3 Å². The van der Waals surface area contributed by atoms with E-state index in [-0.39, 0.29) is 33.7 Å². The number of aryl methyl sites for hydroxylation is 1. The minimum Gasteiger partial charge on any atom is -0.462 e. The summed E-state index contributed by atoms with van der Waals surface area (Å²) in [6.45, 7) is 5.27. The van der Waals surface area contributed by atoms with Crippen molar-refractivity contribution in [1.29, 1.82) is 0 Å². The van der Waals surface area contributed by atoms with Crippen molar-refractivity contribution in [3.63, 3.8) is 0 Å². The molecular formula is C16H18N4O4S2. The number of carbonyl (C=O) groups is 3. The highest BCUT2D eigenvalue weighted by Crippen LogP contribution is 2.33. The molecule has 2 aromatic heterocycles. The fourth-order valence-electron chi connectivity index (χ4n) is 2.07. The average molecular weight is 394 g/mol. The lowest BCUT2D eigenvalue weighted by Crippen LogP contribution is -2.16. The molecule has 10 heteroatoms. The topological polar surface area (TPSA) is 124 Å². The van der Waals surface area contributed by atoms with Crippen LogP contribution < -0.4 is 11.1 Å². The smallest absolute Gasteiger partial charge is 0.341 e. The summed E-state index contributed by atoms with van der Waals surface area (Å²) >= 11 is 2.12. The number of rotatable bonds is 7. The van der Waals surface area contributed by atoms with Crippen LogP contribution in [0.4, 0.5) is 5.00 Å². The third-order valence-corrected chi connectivity index (χ3v) is 5.29. The molecule has 0 aromatic carbocycles. The molecule has 0 aliphatic rings. The first kappa shape index (κ1) is 19.9. The van der Waals surface area contributed by atoms with Gasteiger partial charge in [-0.3, -0.25) is 9.59 Å². The molecule has 26 heavy (non-hydrogen) atoms. The summed E-state index contributed by atoms with van der Waals surface area (Å²) in [6.07, 6.45) is 1.61. The Morgan fingerprint density at radius 1 is 1.35 bits per heavy atom. The predicted molar refractivity (Wildman–Crippen MR) is 99.7 cm³/mol. The number of amides is 2. The zero-order valence-electron chi connectivity index (χ0n) is 14.5. The number of hydrogen-bond donors (Lipinski definition) is 2. The van der Waals surface area contributed by atoms with Gasteiger partial charge in [0.05, 0.1) is 22.8 Å². The summed E-state index contributed by atoms with van der Waals surface area (Å²) in [6, 6.07) is 1.76. The zero-order valence-corrected chi connectivity index (χ0v) is 16.1. The number of esters is 1. The monoisotopic (exact) mass is 394 g/mol. The number of thiophene rings is 1. The van der Waals surface area contributed by atoms with E-state index in [0.29, 0.717) is 10.7 Å². The first-order chi connectivity index (χ1) is 12.3. The van der Waals surface area contributed by atoms with Crippen LogP contribution in [-0.4, -0.2) is 40.1 Å². The summed E-state index contributed by atoms with van der Waals surface area (Å²) in [5.41, 5.74) is 6.68. The number of thioether (sulfide) groups is 1. The molecule has 2 amide bonds. The molecule has 0 atom stereocenters. The van der Waals surface area contributed by atoms with Crippen LogP contribution in [0.2, 0.25) is 0 Å². The SMILES string of the molecule is CCOC(=O)c1c(NC(=O)CSc2nccc(C)n2)sc(C(N)=O)c1C. The van der Waals surface area contributed by atoms with Crippen molar-refractivity contribution < 1.29 is 19.1 Å². The van der Waals surface area contributed by atoms with E-state index >= 15 is 0 Å². The molecule has 3 N–H and O–H groups in total. The lowest BCUT2D eigenvalue weighted by Gasteiger charge is -2.07. The number of hydrogen-bond acceptors (Lipinski definition) is 8. The van der Waals surface area contributed by atoms with Gasteiger partial charge in [-0.15, -0.1) is 11.3 Å². The van der Waals surface area contributed by atoms with Gasteiger partial charge in [0.25, 0.3) is 5.91 Å². The van der Waals surface area contributed by atoms with E-state index in [1.165, 1.54) is 11.8 Å². The van der Waals surface area contributed by atoms with E-state index in [0.717, 1.165) is 17.0 Å². The lowest BCUT2D eigenvalue weighted by molar-refractivity contribution is -0.113. The van der Waals surface area contributed by atoms with Crippen molar-refractivity contribution in [1.82, 2.24) is 9.97 Å². The van der Waals surface area contributed by atoms with Crippen LogP contribution in [0.5, 0.6) is 0 Å². The maximum atomic E-state index is 12.2. The van der Waals surface area contributed by atoms with Crippen molar-refractivity contribution >= 4 is 45.9 Å². The van der Waals surface area contributed by atoms with Gasteiger partial charge in [-0.05, 0) is 32.4 Å².